The van der Waals surface area contributed by atoms with Crippen LogP contribution >= 0.6 is 33.9 Å². The number of thiophene rings is 1. The van der Waals surface area contributed by atoms with E-state index in [1.807, 2.05) is 17.0 Å². The van der Waals surface area contributed by atoms with Gasteiger partial charge in [-0.25, -0.2) is 14.4 Å². The Balaban J connectivity index is 1.58. The smallest absolute Gasteiger partial charge is 0.236 e. The van der Waals surface area contributed by atoms with Crippen LogP contribution in [0.4, 0.5) is 10.3 Å². The summed E-state index contributed by atoms with van der Waals surface area (Å²) in [5.41, 5.74) is 0.127. The van der Waals surface area contributed by atoms with Crippen molar-refractivity contribution < 1.29 is 9.18 Å². The van der Waals surface area contributed by atoms with E-state index in [0.717, 1.165) is 20.6 Å². The van der Waals surface area contributed by atoms with Crippen molar-refractivity contribution in [2.45, 2.75) is 31.2 Å². The van der Waals surface area contributed by atoms with Gasteiger partial charge in [-0.15, -0.1) is 11.3 Å². The number of nitrogens with one attached hydrogen (secondary N) is 2. The summed E-state index contributed by atoms with van der Waals surface area (Å²) in [5.74, 6) is -0.0605. The first-order valence-electron chi connectivity index (χ1n) is 9.49. The number of nitrogens with zero attached hydrogens (tertiary/aromatic N) is 4. The summed E-state index contributed by atoms with van der Waals surface area (Å²) < 4.78 is 15.6. The van der Waals surface area contributed by atoms with Crippen molar-refractivity contribution in [1.29, 1.82) is 5.41 Å². The lowest BCUT2D eigenvalue weighted by atomic mass is 9.83. The highest BCUT2D eigenvalue weighted by Crippen LogP contribution is 2.45. The van der Waals surface area contributed by atoms with Crippen molar-refractivity contribution in [2.75, 3.05) is 25.0 Å². The molecule has 1 saturated carbocycles. The van der Waals surface area contributed by atoms with Crippen molar-refractivity contribution in [3.05, 3.63) is 37.1 Å². The summed E-state index contributed by atoms with van der Waals surface area (Å²) >= 11 is 3.88. The van der Waals surface area contributed by atoms with Crippen LogP contribution < -0.4 is 10.2 Å². The number of amides is 1. The lowest BCUT2D eigenvalue weighted by Crippen LogP contribution is -2.64. The van der Waals surface area contributed by atoms with Crippen LogP contribution in [-0.4, -0.2) is 46.9 Å². The van der Waals surface area contributed by atoms with Gasteiger partial charge in [0, 0.05) is 30.9 Å². The van der Waals surface area contributed by atoms with Gasteiger partial charge in [-0.1, -0.05) is 0 Å². The van der Waals surface area contributed by atoms with Crippen LogP contribution in [0.2, 0.25) is 0 Å². The lowest BCUT2D eigenvalue weighted by molar-refractivity contribution is -0.133. The van der Waals surface area contributed by atoms with Gasteiger partial charge in [-0.2, -0.15) is 0 Å². The zero-order valence-electron chi connectivity index (χ0n) is 16.0. The molecule has 3 aliphatic rings. The standard InChI is InChI=1S/C19H20FIN6OS/c1-9-14(20)15(10-3-4-10)24-18(23-9)27-7-11-16(28)26(2)17(22)25-19(11,8-27)12-5-6-13(21)29-12/h5-6,10-11H,3-4,7-8H2,1-2H3,(H2,22,25)/t11-,19-/m0/s1. The monoisotopic (exact) mass is 526 g/mol. The van der Waals surface area contributed by atoms with Crippen molar-refractivity contribution in [1.82, 2.24) is 20.2 Å². The molecule has 29 heavy (non-hydrogen) atoms. The SMILES string of the molecule is Cc1nc(N2C[C@H]3C(=O)N(C)C(=N)N[C@@]3(c3ccc(I)s3)C2)nc(C2CC2)c1F. The van der Waals surface area contributed by atoms with E-state index in [1.54, 1.807) is 25.3 Å². The first kappa shape index (κ1) is 19.2. The number of fused-ring (bicyclic) bond motifs is 1. The van der Waals surface area contributed by atoms with Crippen molar-refractivity contribution in [2.24, 2.45) is 5.92 Å². The summed E-state index contributed by atoms with van der Waals surface area (Å²) in [4.78, 5) is 26.4. The second-order valence-corrected chi connectivity index (χ2v) is 10.9. The van der Waals surface area contributed by atoms with Crippen molar-refractivity contribution in [3.63, 3.8) is 0 Å². The molecule has 152 valence electrons. The third-order valence-corrected chi connectivity index (χ3v) is 8.11. The molecule has 7 nitrogen and oxygen atoms in total. The van der Waals surface area contributed by atoms with E-state index < -0.39 is 5.54 Å². The van der Waals surface area contributed by atoms with E-state index in [9.17, 15) is 9.18 Å². The number of rotatable bonds is 3. The molecule has 1 aliphatic carbocycles. The van der Waals surface area contributed by atoms with Gasteiger partial charge in [0.05, 0.1) is 20.2 Å². The van der Waals surface area contributed by atoms with E-state index in [1.165, 1.54) is 4.90 Å². The highest BCUT2D eigenvalue weighted by atomic mass is 127. The Labute approximate surface area is 185 Å². The van der Waals surface area contributed by atoms with Crippen LogP contribution in [0.3, 0.4) is 0 Å². The third kappa shape index (κ3) is 2.94. The number of aryl methyl sites for hydroxylation is 1. The second kappa shape index (κ2) is 6.59. The lowest BCUT2D eigenvalue weighted by Gasteiger charge is -2.42. The number of carbonyl (C=O) groups excluding carboxylic acids is 1. The molecule has 5 rings (SSSR count). The molecule has 0 bridgehead atoms. The maximum absolute atomic E-state index is 14.5. The normalized spacial score (nSPS) is 26.7. The summed E-state index contributed by atoms with van der Waals surface area (Å²) in [6.45, 7) is 2.54. The molecule has 4 heterocycles. The van der Waals surface area contributed by atoms with Crippen LogP contribution in [0.15, 0.2) is 12.1 Å². The van der Waals surface area contributed by atoms with Crippen LogP contribution in [0.25, 0.3) is 0 Å². The minimum Gasteiger partial charge on any atom is -0.343 e. The quantitative estimate of drug-likeness (QED) is 0.602. The van der Waals surface area contributed by atoms with E-state index in [4.69, 9.17) is 5.41 Å². The molecule has 0 radical (unpaired) electrons. The topological polar surface area (TPSA) is 85.2 Å². The number of carbonyl (C=O) groups is 1. The number of hydrogen-bond donors (Lipinski definition) is 2. The van der Waals surface area contributed by atoms with Gasteiger partial charge >= 0.3 is 0 Å². The van der Waals surface area contributed by atoms with E-state index in [-0.39, 0.29) is 29.5 Å². The number of guanidine groups is 1. The first-order valence-corrected chi connectivity index (χ1v) is 11.4. The van der Waals surface area contributed by atoms with E-state index in [2.05, 4.69) is 37.9 Å². The predicted octanol–water partition coefficient (Wildman–Crippen LogP) is 2.80. The highest BCUT2D eigenvalue weighted by Gasteiger charge is 2.57. The van der Waals surface area contributed by atoms with Crippen LogP contribution in [-0.2, 0) is 10.3 Å². The summed E-state index contributed by atoms with van der Waals surface area (Å²) in [6.07, 6.45) is 1.91. The Morgan fingerprint density at radius 1 is 1.38 bits per heavy atom. The first-order chi connectivity index (χ1) is 13.8. The molecule has 0 spiro atoms. The fraction of sp³-hybridized carbons (Fsp3) is 0.474. The average molecular weight is 526 g/mol. The minimum absolute atomic E-state index is 0.0892. The maximum Gasteiger partial charge on any atom is 0.236 e. The van der Waals surface area contributed by atoms with E-state index in [0.29, 0.717) is 30.4 Å². The molecule has 2 N–H and O–H groups in total. The van der Waals surface area contributed by atoms with Crippen LogP contribution in [0, 0.1) is 27.0 Å². The Morgan fingerprint density at radius 3 is 2.79 bits per heavy atom. The number of aromatic nitrogens is 2. The van der Waals surface area contributed by atoms with Gasteiger partial charge in [0.2, 0.25) is 11.9 Å². The van der Waals surface area contributed by atoms with Gasteiger partial charge < -0.3 is 10.2 Å². The fourth-order valence-corrected chi connectivity index (χ4v) is 6.07. The van der Waals surface area contributed by atoms with Crippen LogP contribution in [0.1, 0.15) is 35.0 Å². The van der Waals surface area contributed by atoms with Crippen molar-refractivity contribution >= 4 is 51.7 Å². The molecule has 2 aliphatic heterocycles. The summed E-state index contributed by atoms with van der Waals surface area (Å²) in [6, 6.07) is 4.04. The van der Waals surface area contributed by atoms with Crippen molar-refractivity contribution in [3.8, 4) is 0 Å². The highest BCUT2D eigenvalue weighted by molar-refractivity contribution is 14.1. The molecule has 10 heteroatoms. The van der Waals surface area contributed by atoms with Gasteiger partial charge in [-0.3, -0.25) is 15.1 Å². The zero-order valence-corrected chi connectivity index (χ0v) is 19.0. The molecule has 2 saturated heterocycles. The Morgan fingerprint density at radius 2 is 2.14 bits per heavy atom. The Hall–Kier alpha value is -1.82. The summed E-state index contributed by atoms with van der Waals surface area (Å²) in [7, 11) is 1.62. The average Bonchev–Trinajstić information content (AvgIpc) is 3.31. The Kier molecular flexibility index (Phi) is 4.36. The Bertz CT molecular complexity index is 1040. The number of hydrogen-bond acceptors (Lipinski definition) is 6. The molecule has 0 aromatic carbocycles. The molecule has 2 aromatic rings. The van der Waals surface area contributed by atoms with Gasteiger partial charge in [0.1, 0.15) is 5.54 Å². The molecular weight excluding hydrogens is 506 g/mol. The predicted molar refractivity (Wildman–Crippen MR) is 117 cm³/mol. The largest absolute Gasteiger partial charge is 0.343 e. The third-order valence-electron chi connectivity index (χ3n) is 6.03. The fourth-order valence-electron chi connectivity index (χ4n) is 4.26. The van der Waals surface area contributed by atoms with Gasteiger partial charge in [0.25, 0.3) is 0 Å². The number of anilines is 1. The minimum atomic E-state index is -0.708. The van der Waals surface area contributed by atoms with Crippen LogP contribution in [0.5, 0.6) is 0 Å². The zero-order chi connectivity index (χ0) is 20.5. The molecule has 1 amide bonds. The number of halogens is 2. The maximum atomic E-state index is 14.5. The molecule has 2 atom stereocenters. The van der Waals surface area contributed by atoms with Gasteiger partial charge in [-0.05, 0) is 54.5 Å². The molecule has 0 unspecified atom stereocenters. The molecular formula is C19H20FIN6OS. The van der Waals surface area contributed by atoms with E-state index >= 15 is 0 Å². The summed E-state index contributed by atoms with van der Waals surface area (Å²) in [5, 5.41) is 11.6. The molecule has 3 fully saturated rings. The molecule has 2 aromatic heterocycles. The second-order valence-electron chi connectivity index (χ2n) is 7.96. The van der Waals surface area contributed by atoms with Gasteiger partial charge in [0.15, 0.2) is 11.8 Å².